The van der Waals surface area contributed by atoms with Crippen LogP contribution in [-0.4, -0.2) is 82.1 Å². The molecule has 3 fully saturated rings. The van der Waals surface area contributed by atoms with E-state index in [0.29, 0.717) is 0 Å². The Kier molecular flexibility index (Phi) is 7.95. The van der Waals surface area contributed by atoms with Crippen molar-refractivity contribution in [3.05, 3.63) is 0 Å². The summed E-state index contributed by atoms with van der Waals surface area (Å²) in [7, 11) is 0. The number of hydrogen-bond acceptors (Lipinski definition) is 8. The van der Waals surface area contributed by atoms with Crippen molar-refractivity contribution in [2.24, 2.45) is 23.5 Å². The van der Waals surface area contributed by atoms with E-state index in [0.717, 1.165) is 32.1 Å². The zero-order chi connectivity index (χ0) is 21.3. The summed E-state index contributed by atoms with van der Waals surface area (Å²) in [6, 6.07) is -0.997. The van der Waals surface area contributed by atoms with Gasteiger partial charge in [-0.1, -0.05) is 20.8 Å². The summed E-state index contributed by atoms with van der Waals surface area (Å²) in [6.07, 6.45) is -0.657. The maximum Gasteiger partial charge on any atom is 0.186 e. The molecule has 0 bridgehead atoms. The molecule has 29 heavy (non-hydrogen) atoms. The number of aliphatic hydroxyl groups is 4. The predicted octanol–water partition coefficient (Wildman–Crippen LogP) is 0.139. The van der Waals surface area contributed by atoms with Gasteiger partial charge in [-0.3, -0.25) is 0 Å². The van der Waals surface area contributed by atoms with E-state index < -0.39 is 49.5 Å². The first-order chi connectivity index (χ1) is 13.8. The largest absolute Gasteiger partial charge is 0.394 e. The summed E-state index contributed by atoms with van der Waals surface area (Å²) in [6.45, 7) is 5.86. The van der Waals surface area contributed by atoms with E-state index in [9.17, 15) is 20.4 Å². The highest BCUT2D eigenvalue weighted by Gasteiger charge is 2.50. The minimum Gasteiger partial charge on any atom is -0.394 e. The Hall–Kier alpha value is -0.320. The van der Waals surface area contributed by atoms with Crippen LogP contribution in [0.25, 0.3) is 0 Å². The van der Waals surface area contributed by atoms with Crippen molar-refractivity contribution in [2.75, 3.05) is 6.61 Å². The molecule has 0 radical (unpaired) electrons. The zero-order valence-corrected chi connectivity index (χ0v) is 17.8. The van der Waals surface area contributed by atoms with Crippen LogP contribution in [0.4, 0.5) is 0 Å². The van der Waals surface area contributed by atoms with Crippen molar-refractivity contribution in [1.29, 1.82) is 0 Å². The van der Waals surface area contributed by atoms with Crippen molar-refractivity contribution < 1.29 is 34.6 Å². The lowest BCUT2D eigenvalue weighted by Crippen LogP contribution is -2.64. The quantitative estimate of drug-likeness (QED) is 0.426. The molecule has 0 spiro atoms. The van der Waals surface area contributed by atoms with E-state index in [2.05, 4.69) is 13.8 Å². The molecule has 12 atom stereocenters. The Morgan fingerprint density at radius 2 is 1.72 bits per heavy atom. The van der Waals surface area contributed by atoms with Gasteiger partial charge in [-0.2, -0.15) is 0 Å². The maximum absolute atomic E-state index is 11.3. The summed E-state index contributed by atoms with van der Waals surface area (Å²) >= 11 is 0. The molecule has 2 aliphatic heterocycles. The molecule has 3 aliphatic rings. The second-order valence-electron chi connectivity index (χ2n) is 9.28. The molecule has 170 valence electrons. The van der Waals surface area contributed by atoms with Crippen molar-refractivity contribution in [2.45, 2.75) is 108 Å². The second kappa shape index (κ2) is 9.87. The molecule has 3 rings (SSSR count). The number of nitrogens with two attached hydrogens (primary N) is 1. The van der Waals surface area contributed by atoms with Gasteiger partial charge in [-0.15, -0.1) is 0 Å². The van der Waals surface area contributed by atoms with Crippen molar-refractivity contribution in [3.63, 3.8) is 0 Å². The van der Waals surface area contributed by atoms with Gasteiger partial charge in [0.2, 0.25) is 0 Å². The van der Waals surface area contributed by atoms with Crippen LogP contribution in [0.15, 0.2) is 0 Å². The van der Waals surface area contributed by atoms with Gasteiger partial charge in [0, 0.05) is 5.92 Å². The molecule has 2 heterocycles. The lowest BCUT2D eigenvalue weighted by Gasteiger charge is -2.49. The number of aliphatic hydroxyl groups excluding tert-OH is 4. The minimum absolute atomic E-state index is 0.0104. The standard InChI is InChI=1S/C21H39NO7/c1-4-12-6-5-7-13(27-12)15-10(2)8-11(3)20(18(15)25)29-21-19(26)16(22)17(24)14(9-23)28-21/h10-21,23-26H,4-9,22H2,1-3H3. The first-order valence-corrected chi connectivity index (χ1v) is 11.1. The highest BCUT2D eigenvalue weighted by atomic mass is 16.7. The molecule has 6 N–H and O–H groups in total. The molecule has 0 amide bonds. The van der Waals surface area contributed by atoms with Crippen LogP contribution in [0.5, 0.6) is 0 Å². The lowest BCUT2D eigenvalue weighted by atomic mass is 9.68. The second-order valence-corrected chi connectivity index (χ2v) is 9.28. The monoisotopic (exact) mass is 417 g/mol. The van der Waals surface area contributed by atoms with Crippen LogP contribution < -0.4 is 5.73 Å². The Bertz CT molecular complexity index is 521. The van der Waals surface area contributed by atoms with Gasteiger partial charge < -0.3 is 40.4 Å². The number of hydrogen-bond donors (Lipinski definition) is 5. The van der Waals surface area contributed by atoms with E-state index in [1.165, 1.54) is 0 Å². The molecule has 8 nitrogen and oxygen atoms in total. The average Bonchev–Trinajstić information content (AvgIpc) is 2.71. The van der Waals surface area contributed by atoms with Gasteiger partial charge in [-0.05, 0) is 43.9 Å². The van der Waals surface area contributed by atoms with Crippen molar-refractivity contribution >= 4 is 0 Å². The highest BCUT2D eigenvalue weighted by Crippen LogP contribution is 2.42. The zero-order valence-electron chi connectivity index (χ0n) is 17.8. The molecule has 0 aromatic carbocycles. The maximum atomic E-state index is 11.3. The molecule has 0 aromatic heterocycles. The summed E-state index contributed by atoms with van der Waals surface area (Å²) in [4.78, 5) is 0. The molecule has 12 unspecified atom stereocenters. The normalized spacial score (nSPS) is 51.7. The fraction of sp³-hybridized carbons (Fsp3) is 1.00. The molecular weight excluding hydrogens is 378 g/mol. The van der Waals surface area contributed by atoms with E-state index in [-0.39, 0.29) is 30.0 Å². The highest BCUT2D eigenvalue weighted by molar-refractivity contribution is 4.97. The molecular formula is C21H39NO7. The number of rotatable bonds is 5. The molecule has 0 aromatic rings. The summed E-state index contributed by atoms with van der Waals surface area (Å²) in [5.74, 6) is 0.277. The van der Waals surface area contributed by atoms with E-state index >= 15 is 0 Å². The topological polar surface area (TPSA) is 135 Å². The summed E-state index contributed by atoms with van der Waals surface area (Å²) < 4.78 is 17.9. The van der Waals surface area contributed by atoms with Gasteiger partial charge >= 0.3 is 0 Å². The third-order valence-electron chi connectivity index (χ3n) is 7.19. The Morgan fingerprint density at radius 3 is 2.38 bits per heavy atom. The lowest BCUT2D eigenvalue weighted by molar-refractivity contribution is -0.310. The molecule has 8 heteroatoms. The van der Waals surface area contributed by atoms with Crippen molar-refractivity contribution in [3.8, 4) is 0 Å². The van der Waals surface area contributed by atoms with E-state index in [1.807, 2.05) is 6.92 Å². The van der Waals surface area contributed by atoms with Crippen LogP contribution >= 0.6 is 0 Å². The van der Waals surface area contributed by atoms with Crippen LogP contribution in [0.3, 0.4) is 0 Å². The third kappa shape index (κ3) is 4.80. The van der Waals surface area contributed by atoms with Crippen molar-refractivity contribution in [1.82, 2.24) is 0 Å². The van der Waals surface area contributed by atoms with Gasteiger partial charge in [0.1, 0.15) is 18.3 Å². The summed E-state index contributed by atoms with van der Waals surface area (Å²) in [5, 5.41) is 41.2. The average molecular weight is 418 g/mol. The first kappa shape index (κ1) is 23.3. The van der Waals surface area contributed by atoms with Gasteiger partial charge in [0.05, 0.1) is 37.1 Å². The van der Waals surface area contributed by atoms with E-state index in [1.54, 1.807) is 0 Å². The SMILES string of the molecule is CCC1CCCC(C2C(C)CC(C)C(OC3OC(CO)C(O)C(N)C3O)C2O)O1. The molecule has 1 aliphatic carbocycles. The van der Waals surface area contributed by atoms with Crippen LogP contribution in [0.2, 0.25) is 0 Å². The van der Waals surface area contributed by atoms with Crippen LogP contribution in [0.1, 0.15) is 52.9 Å². The predicted molar refractivity (Wildman–Crippen MR) is 106 cm³/mol. The van der Waals surface area contributed by atoms with Crippen LogP contribution in [0, 0.1) is 17.8 Å². The summed E-state index contributed by atoms with van der Waals surface area (Å²) in [5.41, 5.74) is 5.90. The van der Waals surface area contributed by atoms with Gasteiger partial charge in [0.15, 0.2) is 6.29 Å². The fourth-order valence-electron chi connectivity index (χ4n) is 5.47. The third-order valence-corrected chi connectivity index (χ3v) is 7.19. The fourth-order valence-corrected chi connectivity index (χ4v) is 5.47. The van der Waals surface area contributed by atoms with E-state index in [4.69, 9.17) is 19.9 Å². The Balaban J connectivity index is 1.72. The Labute approximate surface area is 173 Å². The van der Waals surface area contributed by atoms with Gasteiger partial charge in [-0.25, -0.2) is 0 Å². The minimum atomic E-state index is -1.25. The number of ether oxygens (including phenoxy) is 3. The smallest absolute Gasteiger partial charge is 0.186 e. The Morgan fingerprint density at radius 1 is 1.00 bits per heavy atom. The van der Waals surface area contributed by atoms with Gasteiger partial charge in [0.25, 0.3) is 0 Å². The molecule has 1 saturated carbocycles. The van der Waals surface area contributed by atoms with Crippen LogP contribution in [-0.2, 0) is 14.2 Å². The molecule has 2 saturated heterocycles. The first-order valence-electron chi connectivity index (χ1n) is 11.1.